The van der Waals surface area contributed by atoms with E-state index in [0.29, 0.717) is 29.7 Å². The molecule has 1 saturated carbocycles. The number of carbonyl (C=O) groups is 1. The molecule has 0 N–H and O–H groups in total. The predicted molar refractivity (Wildman–Crippen MR) is 64.6 cm³/mol. The van der Waals surface area contributed by atoms with Gasteiger partial charge in [-0.05, 0) is 18.8 Å². The van der Waals surface area contributed by atoms with Gasteiger partial charge >= 0.3 is 0 Å². The molecular weight excluding hydrogens is 240 g/mol. The molecule has 5 nitrogen and oxygen atoms in total. The number of ketones is 1. The maximum atomic E-state index is 11.2. The van der Waals surface area contributed by atoms with E-state index in [0.717, 1.165) is 12.8 Å². The lowest BCUT2D eigenvalue weighted by Crippen LogP contribution is -2.11. The van der Waals surface area contributed by atoms with Gasteiger partial charge in [0.2, 0.25) is 11.5 Å². The van der Waals surface area contributed by atoms with Crippen LogP contribution >= 0.6 is 11.3 Å². The summed E-state index contributed by atoms with van der Waals surface area (Å²) in [6, 6.07) is 0. The van der Waals surface area contributed by atoms with Gasteiger partial charge in [-0.3, -0.25) is 4.79 Å². The molecule has 1 fully saturated rings. The molecule has 1 aliphatic carbocycles. The largest absolute Gasteiger partial charge is 0.325 e. The fourth-order valence-electron chi connectivity index (χ4n) is 1.86. The van der Waals surface area contributed by atoms with Crippen LogP contribution in [0.1, 0.15) is 36.5 Å². The van der Waals surface area contributed by atoms with Crippen LogP contribution in [0.15, 0.2) is 11.2 Å². The summed E-state index contributed by atoms with van der Waals surface area (Å²) in [5, 5.41) is 0.647. The smallest absolute Gasteiger partial charge is 0.222 e. The molecule has 6 heteroatoms. The lowest BCUT2D eigenvalue weighted by Gasteiger charge is -2.18. The van der Waals surface area contributed by atoms with Crippen molar-refractivity contribution in [3.05, 3.63) is 11.1 Å². The molecule has 0 unspecified atom stereocenters. The van der Waals surface area contributed by atoms with Crippen molar-refractivity contribution in [1.29, 1.82) is 0 Å². The zero-order valence-corrected chi connectivity index (χ0v) is 10.4. The first-order valence-electron chi connectivity index (χ1n) is 5.49. The minimum absolute atomic E-state index is 0.373. The van der Waals surface area contributed by atoms with E-state index in [1.165, 1.54) is 29.7 Å². The number of Topliss-reactive ketones (excluding diaryl/α,β-unsaturated/α-hetero) is 1. The van der Waals surface area contributed by atoms with Crippen molar-refractivity contribution in [2.45, 2.75) is 31.6 Å². The van der Waals surface area contributed by atoms with Crippen molar-refractivity contribution in [3.8, 4) is 0 Å². The average molecular weight is 254 g/mol. The third-order valence-corrected chi connectivity index (χ3v) is 3.83. The van der Waals surface area contributed by atoms with Gasteiger partial charge in [-0.25, -0.2) is 4.98 Å². The Balaban J connectivity index is 1.95. The molecule has 1 aromatic rings. The predicted octanol–water partition coefficient (Wildman–Crippen LogP) is 2.61. The van der Waals surface area contributed by atoms with Gasteiger partial charge in [0.15, 0.2) is 0 Å². The Morgan fingerprint density at radius 1 is 1.53 bits per heavy atom. The molecule has 0 amide bonds. The summed E-state index contributed by atoms with van der Waals surface area (Å²) in [5.74, 6) is 0.829. The van der Waals surface area contributed by atoms with E-state index in [4.69, 9.17) is 0 Å². The van der Waals surface area contributed by atoms with Crippen LogP contribution in [-0.2, 0) is 14.6 Å². The Labute approximate surface area is 103 Å². The van der Waals surface area contributed by atoms with E-state index >= 15 is 0 Å². The van der Waals surface area contributed by atoms with Gasteiger partial charge in [0.05, 0.1) is 7.11 Å². The third kappa shape index (κ3) is 3.34. The summed E-state index contributed by atoms with van der Waals surface area (Å²) in [4.78, 5) is 29.5. The van der Waals surface area contributed by atoms with Crippen LogP contribution in [-0.4, -0.2) is 24.3 Å². The normalized spacial score (nSPS) is 17.8. The first-order chi connectivity index (χ1) is 8.29. The SMILES string of the molecule is COO/C=N/c1ncc(C2CCC(=O)CC2)s1. The molecule has 0 aliphatic heterocycles. The number of rotatable bonds is 4. The highest BCUT2D eigenvalue weighted by Crippen LogP contribution is 2.36. The van der Waals surface area contributed by atoms with Crippen LogP contribution in [0.5, 0.6) is 0 Å². The highest BCUT2D eigenvalue weighted by atomic mass is 32.1. The van der Waals surface area contributed by atoms with Gasteiger partial charge in [-0.1, -0.05) is 11.3 Å². The Hall–Kier alpha value is -1.27. The minimum Gasteiger partial charge on any atom is -0.325 e. The number of thiazole rings is 1. The van der Waals surface area contributed by atoms with Gasteiger partial charge in [0.1, 0.15) is 5.78 Å². The van der Waals surface area contributed by atoms with E-state index in [1.807, 2.05) is 6.20 Å². The number of hydrogen-bond acceptors (Lipinski definition) is 6. The summed E-state index contributed by atoms with van der Waals surface area (Å²) in [6.45, 7) is 0. The monoisotopic (exact) mass is 254 g/mol. The number of aliphatic imine (C=N–C) groups is 1. The van der Waals surface area contributed by atoms with Crippen LogP contribution in [0.3, 0.4) is 0 Å². The van der Waals surface area contributed by atoms with Gasteiger partial charge in [0.25, 0.3) is 0 Å². The molecule has 92 valence electrons. The highest BCUT2D eigenvalue weighted by molar-refractivity contribution is 7.15. The quantitative estimate of drug-likeness (QED) is 0.358. The molecule has 0 aromatic carbocycles. The zero-order chi connectivity index (χ0) is 12.1. The van der Waals surface area contributed by atoms with Gasteiger partial charge in [-0.2, -0.15) is 9.88 Å². The highest BCUT2D eigenvalue weighted by Gasteiger charge is 2.21. The molecule has 0 bridgehead atoms. The summed E-state index contributed by atoms with van der Waals surface area (Å²) in [7, 11) is 1.42. The first-order valence-corrected chi connectivity index (χ1v) is 6.30. The third-order valence-electron chi connectivity index (χ3n) is 2.76. The van der Waals surface area contributed by atoms with Crippen LogP contribution in [0.4, 0.5) is 5.13 Å². The summed E-state index contributed by atoms with van der Waals surface area (Å²) in [5.41, 5.74) is 0. The summed E-state index contributed by atoms with van der Waals surface area (Å²) >= 11 is 1.54. The molecule has 17 heavy (non-hydrogen) atoms. The fourth-order valence-corrected chi connectivity index (χ4v) is 2.78. The maximum Gasteiger partial charge on any atom is 0.222 e. The molecule has 0 saturated heterocycles. The second-order valence-electron chi connectivity index (χ2n) is 3.86. The Bertz CT molecular complexity index is 407. The van der Waals surface area contributed by atoms with Crippen LogP contribution < -0.4 is 0 Å². The summed E-state index contributed by atoms with van der Waals surface area (Å²) < 4.78 is 0. The average Bonchev–Trinajstić information content (AvgIpc) is 2.79. The van der Waals surface area contributed by atoms with Crippen molar-refractivity contribution in [2.24, 2.45) is 4.99 Å². The second kappa shape index (κ2) is 5.88. The van der Waals surface area contributed by atoms with Gasteiger partial charge in [-0.15, -0.1) is 0 Å². The number of hydrogen-bond donors (Lipinski definition) is 0. The molecule has 0 spiro atoms. The molecule has 0 atom stereocenters. The molecule has 1 heterocycles. The van der Waals surface area contributed by atoms with E-state index in [1.54, 1.807) is 0 Å². The molecule has 1 aliphatic rings. The molecular formula is C11H14N2O3S. The van der Waals surface area contributed by atoms with Crippen molar-refractivity contribution in [2.75, 3.05) is 7.11 Å². The van der Waals surface area contributed by atoms with E-state index in [9.17, 15) is 4.79 Å². The van der Waals surface area contributed by atoms with Crippen LogP contribution in [0, 0.1) is 0 Å². The topological polar surface area (TPSA) is 60.8 Å². The molecule has 0 radical (unpaired) electrons. The molecule has 1 aromatic heterocycles. The lowest BCUT2D eigenvalue weighted by atomic mass is 9.88. The van der Waals surface area contributed by atoms with Crippen LogP contribution in [0.2, 0.25) is 0 Å². The first kappa shape index (κ1) is 12.2. The van der Waals surface area contributed by atoms with Gasteiger partial charge in [0, 0.05) is 23.9 Å². The lowest BCUT2D eigenvalue weighted by molar-refractivity contribution is -0.187. The van der Waals surface area contributed by atoms with Crippen molar-refractivity contribution >= 4 is 28.7 Å². The Morgan fingerprint density at radius 3 is 3.00 bits per heavy atom. The fraction of sp³-hybridized carbons (Fsp3) is 0.545. The van der Waals surface area contributed by atoms with Gasteiger partial charge < -0.3 is 4.89 Å². The Kier molecular flexibility index (Phi) is 4.22. The van der Waals surface area contributed by atoms with E-state index in [-0.39, 0.29) is 0 Å². The number of aromatic nitrogens is 1. The Morgan fingerprint density at radius 2 is 2.29 bits per heavy atom. The standard InChI is InChI=1S/C11H14N2O3S/c1-15-16-7-13-11-12-6-10(17-11)8-2-4-9(14)5-3-8/h6-8H,2-5H2,1H3/b13-7+. The van der Waals surface area contributed by atoms with Crippen molar-refractivity contribution in [3.63, 3.8) is 0 Å². The number of nitrogens with zero attached hydrogens (tertiary/aromatic N) is 2. The second-order valence-corrected chi connectivity index (χ2v) is 4.90. The minimum atomic E-state index is 0.373. The van der Waals surface area contributed by atoms with Crippen molar-refractivity contribution < 1.29 is 14.6 Å². The zero-order valence-electron chi connectivity index (χ0n) is 9.59. The van der Waals surface area contributed by atoms with E-state index in [2.05, 4.69) is 19.8 Å². The van der Waals surface area contributed by atoms with Crippen LogP contribution in [0.25, 0.3) is 0 Å². The van der Waals surface area contributed by atoms with E-state index < -0.39 is 0 Å². The number of carbonyl (C=O) groups excluding carboxylic acids is 1. The molecule has 2 rings (SSSR count). The van der Waals surface area contributed by atoms with Crippen molar-refractivity contribution in [1.82, 2.24) is 4.98 Å². The maximum absolute atomic E-state index is 11.2. The summed E-state index contributed by atoms with van der Waals surface area (Å²) in [6.07, 6.45) is 6.29.